The molecular formula is C23H24ClN3O2S2. The summed E-state index contributed by atoms with van der Waals surface area (Å²) in [5.74, 6) is 3.06. The van der Waals surface area contributed by atoms with Crippen LogP contribution in [0.1, 0.15) is 46.7 Å². The van der Waals surface area contributed by atoms with Gasteiger partial charge >= 0.3 is 0 Å². The van der Waals surface area contributed by atoms with Crippen LogP contribution in [0.4, 0.5) is 0 Å². The lowest BCUT2D eigenvalue weighted by molar-refractivity contribution is 0.0672. The van der Waals surface area contributed by atoms with Gasteiger partial charge in [-0.3, -0.25) is 4.79 Å². The molecule has 5 nitrogen and oxygen atoms in total. The topological polar surface area (TPSA) is 59.2 Å². The van der Waals surface area contributed by atoms with E-state index in [2.05, 4.69) is 22.3 Å². The number of thioether (sulfide) groups is 2. The number of carbonyl (C=O) groups is 1. The summed E-state index contributed by atoms with van der Waals surface area (Å²) in [6, 6.07) is 15.3. The van der Waals surface area contributed by atoms with Crippen molar-refractivity contribution in [1.29, 1.82) is 0 Å². The Kier molecular flexibility index (Phi) is 7.25. The minimum atomic E-state index is -0.0528. The highest BCUT2D eigenvalue weighted by molar-refractivity contribution is 8.16. The van der Waals surface area contributed by atoms with E-state index < -0.39 is 0 Å². The number of hydrogen-bond donors (Lipinski definition) is 0. The van der Waals surface area contributed by atoms with Crippen molar-refractivity contribution in [3.8, 4) is 11.5 Å². The minimum Gasteiger partial charge on any atom is -0.419 e. The van der Waals surface area contributed by atoms with Crippen molar-refractivity contribution in [3.05, 3.63) is 70.6 Å². The molecule has 8 heteroatoms. The molecule has 1 amide bonds. The minimum absolute atomic E-state index is 0.0210. The molecule has 1 fully saturated rings. The number of aromatic nitrogens is 2. The molecule has 0 saturated carbocycles. The fourth-order valence-electron chi connectivity index (χ4n) is 3.32. The van der Waals surface area contributed by atoms with E-state index in [9.17, 15) is 4.79 Å². The van der Waals surface area contributed by atoms with Gasteiger partial charge in [-0.15, -0.1) is 33.7 Å². The molecule has 1 aliphatic rings. The second-order valence-corrected chi connectivity index (χ2v) is 10.7. The van der Waals surface area contributed by atoms with Crippen LogP contribution in [-0.4, -0.2) is 38.6 Å². The zero-order valence-corrected chi connectivity index (χ0v) is 19.8. The first-order valence-corrected chi connectivity index (χ1v) is 12.7. The Balaban J connectivity index is 1.49. The second kappa shape index (κ2) is 10.1. The van der Waals surface area contributed by atoms with Gasteiger partial charge in [-0.05, 0) is 61.6 Å². The second-order valence-electron chi connectivity index (χ2n) is 7.56. The number of rotatable bonds is 6. The maximum absolute atomic E-state index is 13.2. The molecule has 0 radical (unpaired) electrons. The van der Waals surface area contributed by atoms with Crippen molar-refractivity contribution >= 4 is 41.0 Å². The van der Waals surface area contributed by atoms with Gasteiger partial charge in [-0.1, -0.05) is 35.9 Å². The van der Waals surface area contributed by atoms with E-state index in [0.29, 0.717) is 32.5 Å². The largest absolute Gasteiger partial charge is 0.419 e. The van der Waals surface area contributed by atoms with Gasteiger partial charge in [-0.25, -0.2) is 0 Å². The van der Waals surface area contributed by atoms with Gasteiger partial charge in [-0.2, -0.15) is 0 Å². The first-order chi connectivity index (χ1) is 15.0. The van der Waals surface area contributed by atoms with Crippen LogP contribution < -0.4 is 0 Å². The predicted molar refractivity (Wildman–Crippen MR) is 128 cm³/mol. The Morgan fingerprint density at radius 3 is 2.52 bits per heavy atom. The molecule has 1 aromatic heterocycles. The van der Waals surface area contributed by atoms with E-state index in [-0.39, 0.29) is 18.5 Å². The van der Waals surface area contributed by atoms with Gasteiger partial charge < -0.3 is 9.32 Å². The molecule has 0 N–H and O–H groups in total. The average molecular weight is 474 g/mol. The Morgan fingerprint density at radius 1 is 1.13 bits per heavy atom. The number of nitrogens with zero attached hydrogens (tertiary/aromatic N) is 3. The molecule has 4 rings (SSSR count). The van der Waals surface area contributed by atoms with Gasteiger partial charge in [0.15, 0.2) is 0 Å². The summed E-state index contributed by atoms with van der Waals surface area (Å²) >= 11 is 10.2. The predicted octanol–water partition coefficient (Wildman–Crippen LogP) is 6.31. The lowest BCUT2D eigenvalue weighted by Crippen LogP contribution is -2.36. The third-order valence-corrected chi connectivity index (χ3v) is 8.36. The summed E-state index contributed by atoms with van der Waals surface area (Å²) in [6.07, 6.45) is 1.26. The maximum atomic E-state index is 13.2. The standard InChI is InChI=1S/C23H24ClN3O2S2/c1-15(2)27(14-20-25-26-21(29-20)18-6-3-4-7-19(18)24)22(28)16-8-10-17(11-9-16)23-30-12-5-13-31-23/h3-4,6-11,15,23H,5,12-14H2,1-2H3. The Hall–Kier alpha value is -1.96. The van der Waals surface area contributed by atoms with Crippen LogP contribution in [0.5, 0.6) is 0 Å². The zero-order chi connectivity index (χ0) is 21.8. The molecule has 0 unspecified atom stereocenters. The van der Waals surface area contributed by atoms with Crippen molar-refractivity contribution < 1.29 is 9.21 Å². The first kappa shape index (κ1) is 22.2. The van der Waals surface area contributed by atoms with E-state index >= 15 is 0 Å². The van der Waals surface area contributed by atoms with E-state index in [1.54, 1.807) is 11.0 Å². The molecule has 1 saturated heterocycles. The fraction of sp³-hybridized carbons (Fsp3) is 0.348. The first-order valence-electron chi connectivity index (χ1n) is 10.2. The van der Waals surface area contributed by atoms with Gasteiger partial charge in [0.05, 0.1) is 21.7 Å². The molecular weight excluding hydrogens is 450 g/mol. The van der Waals surface area contributed by atoms with Crippen LogP contribution in [0, 0.1) is 0 Å². The molecule has 2 heterocycles. The summed E-state index contributed by atoms with van der Waals surface area (Å²) in [5, 5.41) is 8.79. The highest BCUT2D eigenvalue weighted by atomic mass is 35.5. The summed E-state index contributed by atoms with van der Waals surface area (Å²) in [6.45, 7) is 4.20. The smallest absolute Gasteiger partial charge is 0.254 e. The van der Waals surface area contributed by atoms with Crippen LogP contribution in [0.2, 0.25) is 5.02 Å². The van der Waals surface area contributed by atoms with Crippen molar-refractivity contribution in [2.45, 2.75) is 37.4 Å². The van der Waals surface area contributed by atoms with Gasteiger partial charge in [0.1, 0.15) is 0 Å². The highest BCUT2D eigenvalue weighted by Crippen LogP contribution is 2.43. The summed E-state index contributed by atoms with van der Waals surface area (Å²) in [7, 11) is 0. The SMILES string of the molecule is CC(C)N(Cc1nnc(-c2ccccc2Cl)o1)C(=O)c1ccc(C2SCCCS2)cc1. The third kappa shape index (κ3) is 5.27. The number of halogens is 1. The summed E-state index contributed by atoms with van der Waals surface area (Å²) < 4.78 is 6.27. The lowest BCUT2D eigenvalue weighted by atomic mass is 10.1. The van der Waals surface area contributed by atoms with Gasteiger partial charge in [0.25, 0.3) is 5.91 Å². The van der Waals surface area contributed by atoms with Crippen LogP contribution in [0.15, 0.2) is 52.9 Å². The molecule has 162 valence electrons. The maximum Gasteiger partial charge on any atom is 0.254 e. The fourth-order valence-corrected chi connectivity index (χ4v) is 6.44. The molecule has 1 aliphatic heterocycles. The van der Waals surface area contributed by atoms with Crippen LogP contribution >= 0.6 is 35.1 Å². The molecule has 31 heavy (non-hydrogen) atoms. The van der Waals surface area contributed by atoms with Gasteiger partial charge in [0.2, 0.25) is 11.8 Å². The average Bonchev–Trinajstić information content (AvgIpc) is 3.26. The van der Waals surface area contributed by atoms with E-state index in [1.165, 1.54) is 23.5 Å². The summed E-state index contributed by atoms with van der Waals surface area (Å²) in [4.78, 5) is 15.0. The van der Waals surface area contributed by atoms with Crippen molar-refractivity contribution in [2.24, 2.45) is 0 Å². The van der Waals surface area contributed by atoms with Crippen LogP contribution in [0.3, 0.4) is 0 Å². The van der Waals surface area contributed by atoms with E-state index in [0.717, 1.165) is 0 Å². The van der Waals surface area contributed by atoms with Crippen LogP contribution in [-0.2, 0) is 6.54 Å². The van der Waals surface area contributed by atoms with Crippen LogP contribution in [0.25, 0.3) is 11.5 Å². The molecule has 0 spiro atoms. The molecule has 0 atom stereocenters. The van der Waals surface area contributed by atoms with E-state index in [1.807, 2.05) is 67.7 Å². The monoisotopic (exact) mass is 473 g/mol. The number of hydrogen-bond acceptors (Lipinski definition) is 6. The number of carbonyl (C=O) groups excluding carboxylic acids is 1. The zero-order valence-electron chi connectivity index (χ0n) is 17.5. The molecule has 0 aliphatic carbocycles. The molecule has 0 bridgehead atoms. The number of amides is 1. The van der Waals surface area contributed by atoms with Gasteiger partial charge in [0, 0.05) is 11.6 Å². The normalized spacial score (nSPS) is 14.7. The van der Waals surface area contributed by atoms with Crippen molar-refractivity contribution in [1.82, 2.24) is 15.1 Å². The van der Waals surface area contributed by atoms with E-state index in [4.69, 9.17) is 16.0 Å². The molecule has 2 aromatic carbocycles. The highest BCUT2D eigenvalue weighted by Gasteiger charge is 2.23. The quantitative estimate of drug-likeness (QED) is 0.418. The number of benzene rings is 2. The third-order valence-electron chi connectivity index (χ3n) is 5.02. The summed E-state index contributed by atoms with van der Waals surface area (Å²) in [5.41, 5.74) is 2.61. The Labute approximate surface area is 195 Å². The Morgan fingerprint density at radius 2 is 1.84 bits per heavy atom. The lowest BCUT2D eigenvalue weighted by Gasteiger charge is -2.26. The molecule has 3 aromatic rings. The van der Waals surface area contributed by atoms with Crippen molar-refractivity contribution in [2.75, 3.05) is 11.5 Å². The van der Waals surface area contributed by atoms with Crippen molar-refractivity contribution in [3.63, 3.8) is 0 Å². The Bertz CT molecular complexity index is 1030.